The first-order valence-corrected chi connectivity index (χ1v) is 9.61. The second-order valence-corrected chi connectivity index (χ2v) is 7.13. The van der Waals surface area contributed by atoms with Gasteiger partial charge in [-0.25, -0.2) is 4.98 Å². The summed E-state index contributed by atoms with van der Waals surface area (Å²) in [5.41, 5.74) is 1.63. The van der Waals surface area contributed by atoms with E-state index in [1.807, 2.05) is 54.6 Å². The van der Waals surface area contributed by atoms with Crippen molar-refractivity contribution in [2.45, 2.75) is 11.7 Å². The number of hydrogen-bond donors (Lipinski definition) is 1. The summed E-state index contributed by atoms with van der Waals surface area (Å²) >= 11 is 1.50. The predicted octanol–water partition coefficient (Wildman–Crippen LogP) is 4.45. The normalized spacial score (nSPS) is 11.1. The van der Waals surface area contributed by atoms with Crippen LogP contribution in [-0.2, 0) is 11.3 Å². The largest absolute Gasteiger partial charge is 0.493 e. The van der Waals surface area contributed by atoms with Crippen LogP contribution in [0.15, 0.2) is 71.9 Å². The first-order chi connectivity index (χ1) is 13.2. The molecule has 136 valence electrons. The summed E-state index contributed by atoms with van der Waals surface area (Å²) in [6, 6.07) is 21.8. The molecule has 0 saturated heterocycles. The fourth-order valence-electron chi connectivity index (χ4n) is 3.00. The van der Waals surface area contributed by atoms with Crippen LogP contribution < -0.4 is 4.74 Å². The van der Waals surface area contributed by atoms with Gasteiger partial charge in [-0.1, -0.05) is 54.2 Å². The van der Waals surface area contributed by atoms with E-state index in [4.69, 9.17) is 4.74 Å². The second-order valence-electron chi connectivity index (χ2n) is 6.07. The van der Waals surface area contributed by atoms with Gasteiger partial charge in [0.15, 0.2) is 5.16 Å². The van der Waals surface area contributed by atoms with Gasteiger partial charge in [0.05, 0.1) is 17.6 Å². The highest BCUT2D eigenvalue weighted by molar-refractivity contribution is 7.99. The van der Waals surface area contributed by atoms with Crippen LogP contribution in [0.5, 0.6) is 5.75 Å². The van der Waals surface area contributed by atoms with Gasteiger partial charge in [-0.15, -0.1) is 0 Å². The van der Waals surface area contributed by atoms with Crippen molar-refractivity contribution in [3.8, 4) is 5.75 Å². The van der Waals surface area contributed by atoms with Crippen molar-refractivity contribution in [2.75, 3.05) is 12.4 Å². The molecule has 3 aromatic carbocycles. The van der Waals surface area contributed by atoms with E-state index in [-0.39, 0.29) is 6.54 Å². The third-order valence-corrected chi connectivity index (χ3v) is 5.16. The van der Waals surface area contributed by atoms with Gasteiger partial charge in [-0.2, -0.15) is 0 Å². The zero-order valence-corrected chi connectivity index (χ0v) is 15.4. The molecule has 5 nitrogen and oxygen atoms in total. The third kappa shape index (κ3) is 3.90. The van der Waals surface area contributed by atoms with Crippen molar-refractivity contribution in [1.29, 1.82) is 0 Å². The Morgan fingerprint density at radius 2 is 1.81 bits per heavy atom. The van der Waals surface area contributed by atoms with Crippen LogP contribution in [0.25, 0.3) is 21.8 Å². The van der Waals surface area contributed by atoms with Gasteiger partial charge in [-0.05, 0) is 35.0 Å². The molecule has 4 rings (SSSR count). The molecular weight excluding hydrogens is 360 g/mol. The Morgan fingerprint density at radius 1 is 1.04 bits per heavy atom. The van der Waals surface area contributed by atoms with Gasteiger partial charge in [0.25, 0.3) is 0 Å². The molecule has 1 heterocycles. The van der Waals surface area contributed by atoms with Crippen LogP contribution in [0.4, 0.5) is 0 Å². The SMILES string of the molecule is O=C(O)Cn1c(SCCOc2ccc3ccccc3c2)nc2ccccc21. The summed E-state index contributed by atoms with van der Waals surface area (Å²) in [4.78, 5) is 15.8. The minimum atomic E-state index is -0.882. The molecule has 0 atom stereocenters. The number of carboxylic acid groups (broad SMARTS) is 1. The molecule has 0 aliphatic carbocycles. The maximum absolute atomic E-state index is 11.2. The highest BCUT2D eigenvalue weighted by Crippen LogP contribution is 2.25. The third-order valence-electron chi connectivity index (χ3n) is 4.22. The minimum absolute atomic E-state index is 0.103. The Bertz CT molecular complexity index is 1110. The molecule has 1 N–H and O–H groups in total. The van der Waals surface area contributed by atoms with Crippen LogP contribution in [-0.4, -0.2) is 33.0 Å². The summed E-state index contributed by atoms with van der Waals surface area (Å²) < 4.78 is 7.59. The van der Waals surface area contributed by atoms with Gasteiger partial charge >= 0.3 is 5.97 Å². The molecule has 27 heavy (non-hydrogen) atoms. The van der Waals surface area contributed by atoms with Gasteiger partial charge < -0.3 is 14.4 Å². The number of aromatic nitrogens is 2. The topological polar surface area (TPSA) is 64.3 Å². The molecule has 1 aromatic heterocycles. The van der Waals surface area contributed by atoms with Crippen molar-refractivity contribution in [3.63, 3.8) is 0 Å². The van der Waals surface area contributed by atoms with E-state index >= 15 is 0 Å². The van der Waals surface area contributed by atoms with E-state index < -0.39 is 5.97 Å². The number of imidazole rings is 1. The van der Waals surface area contributed by atoms with E-state index in [1.165, 1.54) is 17.1 Å². The lowest BCUT2D eigenvalue weighted by Crippen LogP contribution is -2.10. The van der Waals surface area contributed by atoms with E-state index in [0.717, 1.165) is 22.2 Å². The predicted molar refractivity (Wildman–Crippen MR) is 108 cm³/mol. The fourth-order valence-corrected chi connectivity index (χ4v) is 3.83. The second kappa shape index (κ2) is 7.72. The molecule has 0 bridgehead atoms. The molecule has 0 radical (unpaired) electrons. The highest BCUT2D eigenvalue weighted by atomic mass is 32.2. The number of aliphatic carboxylic acids is 1. The van der Waals surface area contributed by atoms with E-state index in [2.05, 4.69) is 17.1 Å². The summed E-state index contributed by atoms with van der Waals surface area (Å²) in [5.74, 6) is 0.622. The van der Waals surface area contributed by atoms with Crippen molar-refractivity contribution in [3.05, 3.63) is 66.7 Å². The Balaban J connectivity index is 1.43. The van der Waals surface area contributed by atoms with Crippen LogP contribution in [0.2, 0.25) is 0 Å². The Kier molecular flexibility index (Phi) is 4.98. The lowest BCUT2D eigenvalue weighted by molar-refractivity contribution is -0.137. The number of para-hydroxylation sites is 2. The van der Waals surface area contributed by atoms with Gasteiger partial charge in [0.2, 0.25) is 0 Å². The molecule has 0 fully saturated rings. The monoisotopic (exact) mass is 378 g/mol. The molecule has 0 unspecified atom stereocenters. The van der Waals surface area contributed by atoms with Crippen LogP contribution in [0, 0.1) is 0 Å². The Morgan fingerprint density at radius 3 is 2.67 bits per heavy atom. The number of carbonyl (C=O) groups is 1. The molecule has 6 heteroatoms. The van der Waals surface area contributed by atoms with Crippen molar-refractivity contribution in [2.24, 2.45) is 0 Å². The quantitative estimate of drug-likeness (QED) is 0.380. The van der Waals surface area contributed by atoms with Gasteiger partial charge in [-0.3, -0.25) is 4.79 Å². The average Bonchev–Trinajstić information content (AvgIpc) is 3.02. The number of nitrogens with zero attached hydrogens (tertiary/aromatic N) is 2. The number of carboxylic acids is 1. The lowest BCUT2D eigenvalue weighted by atomic mass is 10.1. The average molecular weight is 378 g/mol. The van der Waals surface area contributed by atoms with Gasteiger partial charge in [0.1, 0.15) is 12.3 Å². The van der Waals surface area contributed by atoms with E-state index in [1.54, 1.807) is 4.57 Å². The minimum Gasteiger partial charge on any atom is -0.493 e. The van der Waals surface area contributed by atoms with Crippen LogP contribution >= 0.6 is 11.8 Å². The standard InChI is InChI=1S/C21H18N2O3S/c24-20(25)14-23-19-8-4-3-7-18(19)22-21(23)27-12-11-26-17-10-9-15-5-1-2-6-16(15)13-17/h1-10,13H,11-12,14H2,(H,24,25). The summed E-state index contributed by atoms with van der Waals surface area (Å²) in [7, 11) is 0. The molecule has 0 amide bonds. The molecule has 0 saturated carbocycles. The molecule has 4 aromatic rings. The smallest absolute Gasteiger partial charge is 0.323 e. The Labute approximate surface area is 160 Å². The number of rotatable bonds is 7. The number of thioether (sulfide) groups is 1. The number of hydrogen-bond acceptors (Lipinski definition) is 4. The molecular formula is C21H18N2O3S. The highest BCUT2D eigenvalue weighted by Gasteiger charge is 2.13. The maximum Gasteiger partial charge on any atom is 0.323 e. The van der Waals surface area contributed by atoms with Crippen molar-refractivity contribution >= 4 is 39.5 Å². The first-order valence-electron chi connectivity index (χ1n) is 8.62. The summed E-state index contributed by atoms with van der Waals surface area (Å²) in [6.45, 7) is 0.410. The van der Waals surface area contributed by atoms with Gasteiger partial charge in [0, 0.05) is 5.75 Å². The van der Waals surface area contributed by atoms with Crippen molar-refractivity contribution < 1.29 is 14.6 Å². The number of ether oxygens (including phenoxy) is 1. The maximum atomic E-state index is 11.2. The van der Waals surface area contributed by atoms with Crippen molar-refractivity contribution in [1.82, 2.24) is 9.55 Å². The molecule has 0 aliphatic heterocycles. The summed E-state index contributed by atoms with van der Waals surface area (Å²) in [6.07, 6.45) is 0. The summed E-state index contributed by atoms with van der Waals surface area (Å²) in [5, 5.41) is 12.2. The zero-order chi connectivity index (χ0) is 18.6. The zero-order valence-electron chi connectivity index (χ0n) is 14.5. The lowest BCUT2D eigenvalue weighted by Gasteiger charge is -2.08. The molecule has 0 spiro atoms. The van der Waals surface area contributed by atoms with E-state index in [9.17, 15) is 9.90 Å². The van der Waals surface area contributed by atoms with E-state index in [0.29, 0.717) is 17.5 Å². The molecule has 0 aliphatic rings. The number of benzene rings is 3. The van der Waals surface area contributed by atoms with Crippen LogP contribution in [0.1, 0.15) is 0 Å². The Hall–Kier alpha value is -2.99. The van der Waals surface area contributed by atoms with Crippen LogP contribution in [0.3, 0.4) is 0 Å². The first kappa shape index (κ1) is 17.4. The number of fused-ring (bicyclic) bond motifs is 2. The fraction of sp³-hybridized carbons (Fsp3) is 0.143.